The summed E-state index contributed by atoms with van der Waals surface area (Å²) in [6.07, 6.45) is 3.20. The van der Waals surface area contributed by atoms with Crippen molar-refractivity contribution in [3.63, 3.8) is 0 Å². The van der Waals surface area contributed by atoms with Crippen LogP contribution in [0.5, 0.6) is 0 Å². The molecule has 0 aliphatic carbocycles. The number of aromatic nitrogens is 1. The molecule has 0 aliphatic rings. The van der Waals surface area contributed by atoms with E-state index >= 15 is 0 Å². The van der Waals surface area contributed by atoms with Gasteiger partial charge in [-0.1, -0.05) is 24.3 Å². The number of pyridine rings is 1. The summed E-state index contributed by atoms with van der Waals surface area (Å²) < 4.78 is 1.24. The molecule has 3 rings (SSSR count). The van der Waals surface area contributed by atoms with Crippen molar-refractivity contribution < 1.29 is 4.79 Å². The number of carbonyl (C=O) groups is 1. The largest absolute Gasteiger partial charge is 0.384 e. The number of rotatable bonds is 4. The minimum Gasteiger partial charge on any atom is -0.384 e. The van der Waals surface area contributed by atoms with Crippen molar-refractivity contribution in [3.8, 4) is 0 Å². The van der Waals surface area contributed by atoms with E-state index in [1.165, 1.54) is 16.2 Å². The first-order valence-corrected chi connectivity index (χ1v) is 8.06. The van der Waals surface area contributed by atoms with Crippen LogP contribution in [0.1, 0.15) is 10.6 Å². The molecule has 0 radical (unpaired) electrons. The molecule has 2 heterocycles. The molecule has 0 fully saturated rings. The number of thiophene rings is 1. The van der Waals surface area contributed by atoms with Crippen molar-refractivity contribution in [3.05, 3.63) is 65.2 Å². The highest BCUT2D eigenvalue weighted by Gasteiger charge is 2.08. The van der Waals surface area contributed by atoms with Crippen LogP contribution in [0, 0.1) is 0 Å². The van der Waals surface area contributed by atoms with Gasteiger partial charge in [-0.05, 0) is 35.7 Å². The maximum atomic E-state index is 12.2. The minimum atomic E-state index is -0.0633. The van der Waals surface area contributed by atoms with Crippen molar-refractivity contribution in [2.24, 2.45) is 0 Å². The molecule has 23 heavy (non-hydrogen) atoms. The molecule has 0 bridgehead atoms. The SMILES string of the molecule is CN(Cc1cc2ccccc2s1)C(=O)C=Cc1cccc(N)n1. The van der Waals surface area contributed by atoms with Gasteiger partial charge in [-0.25, -0.2) is 4.98 Å². The Bertz CT molecular complexity index is 836. The van der Waals surface area contributed by atoms with Crippen molar-refractivity contribution in [2.75, 3.05) is 12.8 Å². The number of nitrogens with zero attached hydrogens (tertiary/aromatic N) is 2. The Morgan fingerprint density at radius 3 is 2.87 bits per heavy atom. The van der Waals surface area contributed by atoms with E-state index in [0.717, 1.165) is 4.88 Å². The van der Waals surface area contributed by atoms with Crippen LogP contribution in [0.2, 0.25) is 0 Å². The maximum absolute atomic E-state index is 12.2. The normalized spacial score (nSPS) is 11.2. The highest BCUT2D eigenvalue weighted by Crippen LogP contribution is 2.26. The molecule has 0 saturated carbocycles. The van der Waals surface area contributed by atoms with E-state index in [2.05, 4.69) is 23.2 Å². The van der Waals surface area contributed by atoms with Gasteiger partial charge in [0.2, 0.25) is 5.91 Å². The van der Waals surface area contributed by atoms with Gasteiger partial charge in [0, 0.05) is 22.7 Å². The van der Waals surface area contributed by atoms with Crippen molar-refractivity contribution in [1.29, 1.82) is 0 Å². The summed E-state index contributed by atoms with van der Waals surface area (Å²) in [7, 11) is 1.80. The summed E-state index contributed by atoms with van der Waals surface area (Å²) in [5, 5.41) is 1.22. The van der Waals surface area contributed by atoms with Crippen LogP contribution in [0.25, 0.3) is 16.2 Å². The van der Waals surface area contributed by atoms with Crippen LogP contribution in [0.15, 0.2) is 54.6 Å². The fourth-order valence-electron chi connectivity index (χ4n) is 2.27. The zero-order chi connectivity index (χ0) is 16.2. The fraction of sp³-hybridized carbons (Fsp3) is 0.111. The first kappa shape index (κ1) is 15.2. The van der Waals surface area contributed by atoms with Gasteiger partial charge in [-0.15, -0.1) is 11.3 Å². The highest BCUT2D eigenvalue weighted by molar-refractivity contribution is 7.19. The number of fused-ring (bicyclic) bond motifs is 1. The van der Waals surface area contributed by atoms with Crippen LogP contribution in [-0.4, -0.2) is 22.8 Å². The Balaban J connectivity index is 1.67. The molecular weight excluding hydrogens is 306 g/mol. The van der Waals surface area contributed by atoms with Gasteiger partial charge < -0.3 is 10.6 Å². The van der Waals surface area contributed by atoms with E-state index in [0.29, 0.717) is 18.1 Å². The lowest BCUT2D eigenvalue weighted by Gasteiger charge is -2.13. The van der Waals surface area contributed by atoms with E-state index < -0.39 is 0 Å². The van der Waals surface area contributed by atoms with E-state index in [4.69, 9.17) is 5.73 Å². The molecule has 2 N–H and O–H groups in total. The second-order valence-electron chi connectivity index (χ2n) is 5.27. The van der Waals surface area contributed by atoms with Crippen LogP contribution in [0.3, 0.4) is 0 Å². The predicted molar refractivity (Wildman–Crippen MR) is 96.0 cm³/mol. The van der Waals surface area contributed by atoms with Gasteiger partial charge in [0.1, 0.15) is 5.82 Å². The Hall–Kier alpha value is -2.66. The van der Waals surface area contributed by atoms with E-state index in [9.17, 15) is 4.79 Å². The van der Waals surface area contributed by atoms with Crippen LogP contribution in [0.4, 0.5) is 5.82 Å². The fourth-order valence-corrected chi connectivity index (χ4v) is 3.39. The number of amides is 1. The second kappa shape index (κ2) is 6.62. The van der Waals surface area contributed by atoms with Gasteiger partial charge in [0.05, 0.1) is 12.2 Å². The molecule has 0 spiro atoms. The molecule has 0 atom stereocenters. The zero-order valence-electron chi connectivity index (χ0n) is 12.8. The van der Waals surface area contributed by atoms with E-state index in [-0.39, 0.29) is 5.91 Å². The number of hydrogen-bond acceptors (Lipinski definition) is 4. The Morgan fingerprint density at radius 1 is 1.26 bits per heavy atom. The predicted octanol–water partition coefficient (Wildman–Crippen LogP) is 3.55. The Morgan fingerprint density at radius 2 is 2.09 bits per heavy atom. The monoisotopic (exact) mass is 323 g/mol. The third kappa shape index (κ3) is 3.76. The maximum Gasteiger partial charge on any atom is 0.246 e. The lowest BCUT2D eigenvalue weighted by atomic mass is 10.2. The summed E-state index contributed by atoms with van der Waals surface area (Å²) >= 11 is 1.71. The third-order valence-corrected chi connectivity index (χ3v) is 4.54. The number of nitrogens with two attached hydrogens (primary N) is 1. The molecule has 0 unspecified atom stereocenters. The molecule has 0 saturated heterocycles. The number of carbonyl (C=O) groups excluding carboxylic acids is 1. The number of benzene rings is 1. The number of anilines is 1. The van der Waals surface area contributed by atoms with Crippen molar-refractivity contribution in [2.45, 2.75) is 6.54 Å². The van der Waals surface area contributed by atoms with Crippen LogP contribution < -0.4 is 5.73 Å². The topological polar surface area (TPSA) is 59.2 Å². The van der Waals surface area contributed by atoms with Crippen LogP contribution in [-0.2, 0) is 11.3 Å². The van der Waals surface area contributed by atoms with Gasteiger partial charge in [0.15, 0.2) is 0 Å². The summed E-state index contributed by atoms with van der Waals surface area (Å²) in [6, 6.07) is 15.7. The van der Waals surface area contributed by atoms with Crippen molar-refractivity contribution >= 4 is 39.2 Å². The lowest BCUT2D eigenvalue weighted by molar-refractivity contribution is -0.125. The van der Waals surface area contributed by atoms with Crippen molar-refractivity contribution in [1.82, 2.24) is 9.88 Å². The molecule has 1 aromatic carbocycles. The number of nitrogen functional groups attached to an aromatic ring is 1. The summed E-state index contributed by atoms with van der Waals surface area (Å²) in [5.41, 5.74) is 6.30. The molecule has 2 aromatic heterocycles. The molecule has 3 aromatic rings. The van der Waals surface area contributed by atoms with Crippen LogP contribution >= 0.6 is 11.3 Å². The molecule has 4 nitrogen and oxygen atoms in total. The lowest BCUT2D eigenvalue weighted by Crippen LogP contribution is -2.23. The highest BCUT2D eigenvalue weighted by atomic mass is 32.1. The number of hydrogen-bond donors (Lipinski definition) is 1. The second-order valence-corrected chi connectivity index (χ2v) is 6.43. The standard InChI is InChI=1S/C18H17N3OS/c1-21(12-15-11-13-5-2-3-7-16(13)23-15)18(22)10-9-14-6-4-8-17(19)20-14/h2-11H,12H2,1H3,(H2,19,20). The molecule has 0 aliphatic heterocycles. The molecule has 1 amide bonds. The summed E-state index contributed by atoms with van der Waals surface area (Å²) in [4.78, 5) is 19.2. The first-order chi connectivity index (χ1) is 11.1. The molecule has 5 heteroatoms. The molecular formula is C18H17N3OS. The third-order valence-electron chi connectivity index (χ3n) is 3.43. The Labute approximate surface area is 138 Å². The summed E-state index contributed by atoms with van der Waals surface area (Å²) in [6.45, 7) is 0.590. The Kier molecular flexibility index (Phi) is 4.39. The first-order valence-electron chi connectivity index (χ1n) is 7.25. The number of likely N-dealkylation sites (N-methyl/N-ethyl adjacent to an activating group) is 1. The average molecular weight is 323 g/mol. The van der Waals surface area contributed by atoms with E-state index in [1.807, 2.05) is 24.3 Å². The molecule has 116 valence electrons. The minimum absolute atomic E-state index is 0.0633. The van der Waals surface area contributed by atoms with Gasteiger partial charge in [-0.2, -0.15) is 0 Å². The summed E-state index contributed by atoms with van der Waals surface area (Å²) in [5.74, 6) is 0.380. The van der Waals surface area contributed by atoms with Gasteiger partial charge >= 0.3 is 0 Å². The van der Waals surface area contributed by atoms with Gasteiger partial charge in [-0.3, -0.25) is 4.79 Å². The average Bonchev–Trinajstić information content (AvgIpc) is 2.94. The quantitative estimate of drug-likeness (QED) is 0.747. The zero-order valence-corrected chi connectivity index (χ0v) is 13.6. The smallest absolute Gasteiger partial charge is 0.246 e. The van der Waals surface area contributed by atoms with E-state index in [1.54, 1.807) is 35.4 Å². The van der Waals surface area contributed by atoms with Gasteiger partial charge in [0.25, 0.3) is 0 Å².